The number of anilines is 1. The number of furan rings is 1. The molecule has 0 bridgehead atoms. The van der Waals surface area contributed by atoms with Crippen molar-refractivity contribution >= 4 is 17.6 Å². The fourth-order valence-corrected chi connectivity index (χ4v) is 2.63. The number of hydrogen-bond donors (Lipinski definition) is 1. The van der Waals surface area contributed by atoms with Gasteiger partial charge in [0.05, 0.1) is 0 Å². The molecule has 2 aromatic rings. The van der Waals surface area contributed by atoms with E-state index in [-0.39, 0.29) is 18.2 Å². The minimum Gasteiger partial charge on any atom is -0.481 e. The maximum atomic E-state index is 12.5. The van der Waals surface area contributed by atoms with Crippen LogP contribution in [0.2, 0.25) is 0 Å². The summed E-state index contributed by atoms with van der Waals surface area (Å²) in [6.45, 7) is 2.08. The first kappa shape index (κ1) is 13.4. The zero-order valence-electron chi connectivity index (χ0n) is 11.6. The van der Waals surface area contributed by atoms with Crippen LogP contribution in [0.4, 0.5) is 5.69 Å². The highest BCUT2D eigenvalue weighted by Gasteiger charge is 2.37. The SMILES string of the molecule is CCc1ccc(C(=O)N2C[C@H](C(=O)O)c3ccccc32)o1. The molecule has 1 aromatic heterocycles. The number of aliphatic carboxylic acids is 1. The van der Waals surface area contributed by atoms with Crippen LogP contribution in [0.3, 0.4) is 0 Å². The Kier molecular flexibility index (Phi) is 3.25. The van der Waals surface area contributed by atoms with Gasteiger partial charge in [-0.25, -0.2) is 0 Å². The Morgan fingerprint density at radius 1 is 1.29 bits per heavy atom. The van der Waals surface area contributed by atoms with E-state index in [4.69, 9.17) is 4.42 Å². The van der Waals surface area contributed by atoms with Gasteiger partial charge in [0.15, 0.2) is 5.76 Å². The lowest BCUT2D eigenvalue weighted by molar-refractivity contribution is -0.138. The molecule has 0 unspecified atom stereocenters. The van der Waals surface area contributed by atoms with Crippen molar-refractivity contribution < 1.29 is 19.1 Å². The number of nitrogens with zero attached hydrogens (tertiary/aromatic N) is 1. The van der Waals surface area contributed by atoms with Crippen molar-refractivity contribution in [1.82, 2.24) is 0 Å². The Hall–Kier alpha value is -2.56. The fraction of sp³-hybridized carbons (Fsp3) is 0.250. The van der Waals surface area contributed by atoms with Crippen molar-refractivity contribution in [3.63, 3.8) is 0 Å². The van der Waals surface area contributed by atoms with Gasteiger partial charge in [-0.05, 0) is 23.8 Å². The second kappa shape index (κ2) is 5.09. The summed E-state index contributed by atoms with van der Waals surface area (Å²) in [5.74, 6) is -0.934. The Balaban J connectivity index is 1.96. The number of fused-ring (bicyclic) bond motifs is 1. The lowest BCUT2D eigenvalue weighted by Crippen LogP contribution is -2.30. The van der Waals surface area contributed by atoms with Crippen LogP contribution in [0, 0.1) is 0 Å². The zero-order chi connectivity index (χ0) is 15.0. The van der Waals surface area contributed by atoms with E-state index in [1.54, 1.807) is 36.4 Å². The van der Waals surface area contributed by atoms with Gasteiger partial charge < -0.3 is 14.4 Å². The molecule has 5 nitrogen and oxygen atoms in total. The summed E-state index contributed by atoms with van der Waals surface area (Å²) in [6.07, 6.45) is 0.710. The molecule has 108 valence electrons. The van der Waals surface area contributed by atoms with E-state index in [9.17, 15) is 14.7 Å². The molecule has 0 spiro atoms. The Labute approximate surface area is 121 Å². The van der Waals surface area contributed by atoms with E-state index in [0.29, 0.717) is 17.7 Å². The Morgan fingerprint density at radius 2 is 2.05 bits per heavy atom. The number of carboxylic acids is 1. The number of carboxylic acid groups (broad SMARTS) is 1. The van der Waals surface area contributed by atoms with Crippen LogP contribution >= 0.6 is 0 Å². The molecule has 1 N–H and O–H groups in total. The third-order valence-electron chi connectivity index (χ3n) is 3.73. The quantitative estimate of drug-likeness (QED) is 0.941. The van der Waals surface area contributed by atoms with Gasteiger partial charge in [-0.2, -0.15) is 0 Å². The summed E-state index contributed by atoms with van der Waals surface area (Å²) in [5.41, 5.74) is 1.31. The minimum absolute atomic E-state index is 0.135. The first-order valence-corrected chi connectivity index (χ1v) is 6.84. The number of aryl methyl sites for hydroxylation is 1. The second-order valence-electron chi connectivity index (χ2n) is 4.98. The van der Waals surface area contributed by atoms with Crippen LogP contribution in [0.25, 0.3) is 0 Å². The molecular formula is C16H15NO4. The van der Waals surface area contributed by atoms with Crippen LogP contribution in [0.5, 0.6) is 0 Å². The molecule has 1 aromatic carbocycles. The number of carbonyl (C=O) groups excluding carboxylic acids is 1. The fourth-order valence-electron chi connectivity index (χ4n) is 2.63. The molecule has 1 aliphatic heterocycles. The lowest BCUT2D eigenvalue weighted by Gasteiger charge is -2.15. The average Bonchev–Trinajstić information content (AvgIpc) is 3.11. The van der Waals surface area contributed by atoms with Crippen molar-refractivity contribution in [1.29, 1.82) is 0 Å². The maximum Gasteiger partial charge on any atom is 0.312 e. The number of hydrogen-bond acceptors (Lipinski definition) is 3. The summed E-state index contributed by atoms with van der Waals surface area (Å²) >= 11 is 0. The zero-order valence-corrected chi connectivity index (χ0v) is 11.6. The summed E-state index contributed by atoms with van der Waals surface area (Å²) in [7, 11) is 0. The summed E-state index contributed by atoms with van der Waals surface area (Å²) in [4.78, 5) is 25.4. The van der Waals surface area contributed by atoms with E-state index in [2.05, 4.69) is 0 Å². The Bertz CT molecular complexity index is 704. The topological polar surface area (TPSA) is 70.8 Å². The van der Waals surface area contributed by atoms with Crippen molar-refractivity contribution in [3.8, 4) is 0 Å². The Morgan fingerprint density at radius 3 is 2.71 bits per heavy atom. The summed E-state index contributed by atoms with van der Waals surface area (Å²) < 4.78 is 5.48. The standard InChI is InChI=1S/C16H15NO4/c1-2-10-7-8-14(21-10)15(18)17-9-12(16(19)20)11-5-3-4-6-13(11)17/h3-8,12H,2,9H2,1H3,(H,19,20)/t12-/m0/s1. The van der Waals surface area contributed by atoms with Gasteiger partial charge in [-0.15, -0.1) is 0 Å². The van der Waals surface area contributed by atoms with Crippen molar-refractivity contribution in [3.05, 3.63) is 53.5 Å². The minimum atomic E-state index is -0.925. The number of benzene rings is 1. The monoisotopic (exact) mass is 285 g/mol. The van der Waals surface area contributed by atoms with Crippen molar-refractivity contribution in [2.75, 3.05) is 11.4 Å². The van der Waals surface area contributed by atoms with Gasteiger partial charge in [-0.1, -0.05) is 25.1 Å². The number of carbonyl (C=O) groups is 2. The van der Waals surface area contributed by atoms with E-state index < -0.39 is 11.9 Å². The predicted molar refractivity (Wildman–Crippen MR) is 76.6 cm³/mol. The molecule has 1 amide bonds. The molecule has 3 rings (SSSR count). The van der Waals surface area contributed by atoms with Gasteiger partial charge in [0.25, 0.3) is 5.91 Å². The first-order valence-electron chi connectivity index (χ1n) is 6.84. The van der Waals surface area contributed by atoms with Crippen molar-refractivity contribution in [2.24, 2.45) is 0 Å². The van der Waals surface area contributed by atoms with Crippen LogP contribution in [-0.2, 0) is 11.2 Å². The van der Waals surface area contributed by atoms with E-state index >= 15 is 0 Å². The molecule has 0 radical (unpaired) electrons. The first-order chi connectivity index (χ1) is 10.1. The van der Waals surface area contributed by atoms with Crippen LogP contribution in [0.15, 0.2) is 40.8 Å². The molecule has 0 saturated carbocycles. The van der Waals surface area contributed by atoms with E-state index in [1.165, 1.54) is 4.90 Å². The average molecular weight is 285 g/mol. The van der Waals surface area contributed by atoms with Crippen LogP contribution < -0.4 is 4.90 Å². The molecule has 1 aliphatic rings. The highest BCUT2D eigenvalue weighted by molar-refractivity contribution is 6.07. The van der Waals surface area contributed by atoms with Crippen LogP contribution in [0.1, 0.15) is 34.7 Å². The lowest BCUT2D eigenvalue weighted by atomic mass is 10.0. The molecular weight excluding hydrogens is 270 g/mol. The number of para-hydroxylation sites is 1. The third-order valence-corrected chi connectivity index (χ3v) is 3.73. The largest absolute Gasteiger partial charge is 0.481 e. The molecule has 1 atom stereocenters. The molecule has 0 aliphatic carbocycles. The van der Waals surface area contributed by atoms with E-state index in [0.717, 1.165) is 5.76 Å². The number of amides is 1. The maximum absolute atomic E-state index is 12.5. The predicted octanol–water partition coefficient (Wildman–Crippen LogP) is 2.67. The highest BCUT2D eigenvalue weighted by atomic mass is 16.4. The normalized spacial score (nSPS) is 16.8. The summed E-state index contributed by atoms with van der Waals surface area (Å²) in [5, 5.41) is 9.31. The van der Waals surface area contributed by atoms with Gasteiger partial charge >= 0.3 is 5.97 Å². The van der Waals surface area contributed by atoms with Gasteiger partial charge in [0, 0.05) is 18.7 Å². The van der Waals surface area contributed by atoms with Gasteiger partial charge in [0.2, 0.25) is 0 Å². The second-order valence-corrected chi connectivity index (χ2v) is 4.98. The van der Waals surface area contributed by atoms with Gasteiger partial charge in [-0.3, -0.25) is 9.59 Å². The van der Waals surface area contributed by atoms with Crippen molar-refractivity contribution in [2.45, 2.75) is 19.3 Å². The molecule has 5 heteroatoms. The third kappa shape index (κ3) is 2.20. The van der Waals surface area contributed by atoms with E-state index in [1.807, 2.05) is 6.92 Å². The van der Waals surface area contributed by atoms with Crippen LogP contribution in [-0.4, -0.2) is 23.5 Å². The van der Waals surface area contributed by atoms with Gasteiger partial charge in [0.1, 0.15) is 11.7 Å². The molecule has 21 heavy (non-hydrogen) atoms. The molecule has 0 fully saturated rings. The highest BCUT2D eigenvalue weighted by Crippen LogP contribution is 2.37. The molecule has 0 saturated heterocycles. The molecule has 2 heterocycles. The summed E-state index contributed by atoms with van der Waals surface area (Å²) in [6, 6.07) is 10.5. The smallest absolute Gasteiger partial charge is 0.312 e. The number of rotatable bonds is 3.